The molecule has 0 bridgehead atoms. The second-order valence-corrected chi connectivity index (χ2v) is 4.81. The molecule has 82 valence electrons. The summed E-state index contributed by atoms with van der Waals surface area (Å²) < 4.78 is 0. The second-order valence-electron chi connectivity index (χ2n) is 3.94. The van der Waals surface area contributed by atoms with Crippen LogP contribution in [0.25, 0.3) is 0 Å². The minimum atomic E-state index is 0.769. The van der Waals surface area contributed by atoms with E-state index >= 15 is 0 Å². The van der Waals surface area contributed by atoms with Gasteiger partial charge < -0.3 is 0 Å². The predicted molar refractivity (Wildman–Crippen MR) is 70.4 cm³/mol. The monoisotopic (exact) mass is 250 g/mol. The van der Waals surface area contributed by atoms with E-state index < -0.39 is 0 Å². The van der Waals surface area contributed by atoms with E-state index in [0.717, 1.165) is 16.5 Å². The molecule has 0 radical (unpaired) electrons. The van der Waals surface area contributed by atoms with Crippen molar-refractivity contribution in [1.82, 2.24) is 0 Å². The summed E-state index contributed by atoms with van der Waals surface area (Å²) >= 11 is 11.9. The van der Waals surface area contributed by atoms with Gasteiger partial charge in [0.05, 0.1) is 0 Å². The third kappa shape index (κ3) is 3.01. The van der Waals surface area contributed by atoms with E-state index in [1.165, 1.54) is 16.7 Å². The fraction of sp³-hybridized carbons (Fsp3) is 0.143. The Bertz CT molecular complexity index is 466. The Balaban J connectivity index is 2.23. The molecule has 0 N–H and O–H groups in total. The zero-order valence-electron chi connectivity index (χ0n) is 9.00. The fourth-order valence-electron chi connectivity index (χ4n) is 1.75. The molecule has 0 fully saturated rings. The molecule has 0 heterocycles. The second kappa shape index (κ2) is 4.90. The standard InChI is InChI=1S/C14H12Cl2/c1-10-6-12(9-14(16)7-10)8-11-2-4-13(15)5-3-11/h2-7,9H,8H2,1H3. The molecular formula is C14H12Cl2. The van der Waals surface area contributed by atoms with Crippen LogP contribution < -0.4 is 0 Å². The molecule has 0 amide bonds. The van der Waals surface area contributed by atoms with Gasteiger partial charge in [0.15, 0.2) is 0 Å². The van der Waals surface area contributed by atoms with Crippen molar-refractivity contribution in [2.75, 3.05) is 0 Å². The SMILES string of the molecule is Cc1cc(Cl)cc(Cc2ccc(Cl)cc2)c1. The zero-order valence-corrected chi connectivity index (χ0v) is 10.5. The molecule has 0 saturated heterocycles. The molecule has 0 unspecified atom stereocenters. The predicted octanol–water partition coefficient (Wildman–Crippen LogP) is 4.89. The molecule has 0 atom stereocenters. The molecule has 2 heteroatoms. The normalized spacial score (nSPS) is 10.4. The zero-order chi connectivity index (χ0) is 11.5. The Kier molecular flexibility index (Phi) is 3.52. The molecule has 0 aliphatic heterocycles. The first-order valence-corrected chi connectivity index (χ1v) is 5.89. The van der Waals surface area contributed by atoms with Crippen molar-refractivity contribution in [3.05, 3.63) is 69.2 Å². The maximum Gasteiger partial charge on any atom is 0.0411 e. The largest absolute Gasteiger partial charge is 0.0843 e. The van der Waals surface area contributed by atoms with Gasteiger partial charge in [0.25, 0.3) is 0 Å². The summed E-state index contributed by atoms with van der Waals surface area (Å²) in [4.78, 5) is 0. The van der Waals surface area contributed by atoms with Crippen molar-refractivity contribution >= 4 is 23.2 Å². The lowest BCUT2D eigenvalue weighted by Crippen LogP contribution is -1.89. The van der Waals surface area contributed by atoms with Crippen LogP contribution >= 0.6 is 23.2 Å². The van der Waals surface area contributed by atoms with Crippen LogP contribution in [0.3, 0.4) is 0 Å². The van der Waals surface area contributed by atoms with Crippen molar-refractivity contribution in [1.29, 1.82) is 0 Å². The van der Waals surface area contributed by atoms with E-state index in [9.17, 15) is 0 Å². The Morgan fingerprint density at radius 1 is 0.812 bits per heavy atom. The van der Waals surface area contributed by atoms with Gasteiger partial charge in [0, 0.05) is 10.0 Å². The number of rotatable bonds is 2. The van der Waals surface area contributed by atoms with Gasteiger partial charge >= 0.3 is 0 Å². The lowest BCUT2D eigenvalue weighted by molar-refractivity contribution is 1.18. The number of benzene rings is 2. The van der Waals surface area contributed by atoms with Crippen molar-refractivity contribution < 1.29 is 0 Å². The molecule has 2 aromatic rings. The Labute approximate surface area is 106 Å². The Hall–Kier alpha value is -0.980. The van der Waals surface area contributed by atoms with Crippen LogP contribution in [0.1, 0.15) is 16.7 Å². The molecule has 0 nitrogen and oxygen atoms in total. The minimum Gasteiger partial charge on any atom is -0.0843 e. The topological polar surface area (TPSA) is 0 Å². The first-order chi connectivity index (χ1) is 7.63. The van der Waals surface area contributed by atoms with Gasteiger partial charge in [-0.25, -0.2) is 0 Å². The molecule has 0 aliphatic rings. The van der Waals surface area contributed by atoms with E-state index in [4.69, 9.17) is 23.2 Å². The highest BCUT2D eigenvalue weighted by atomic mass is 35.5. The average Bonchev–Trinajstić information content (AvgIpc) is 2.20. The van der Waals surface area contributed by atoms with Gasteiger partial charge in [-0.05, 0) is 54.3 Å². The molecule has 0 aromatic heterocycles. The van der Waals surface area contributed by atoms with Crippen LogP contribution in [0.5, 0.6) is 0 Å². The van der Waals surface area contributed by atoms with E-state index in [2.05, 4.69) is 13.0 Å². The summed E-state index contributed by atoms with van der Waals surface area (Å²) in [6.07, 6.45) is 0.887. The molecule has 0 aliphatic carbocycles. The van der Waals surface area contributed by atoms with Crippen molar-refractivity contribution in [2.45, 2.75) is 13.3 Å². The van der Waals surface area contributed by atoms with Crippen molar-refractivity contribution in [3.8, 4) is 0 Å². The van der Waals surface area contributed by atoms with E-state index in [-0.39, 0.29) is 0 Å². The van der Waals surface area contributed by atoms with E-state index in [1.807, 2.05) is 36.4 Å². The smallest absolute Gasteiger partial charge is 0.0411 e. The summed E-state index contributed by atoms with van der Waals surface area (Å²) in [7, 11) is 0. The van der Waals surface area contributed by atoms with Gasteiger partial charge in [-0.3, -0.25) is 0 Å². The molecule has 0 saturated carbocycles. The molecule has 0 spiro atoms. The number of hydrogen-bond donors (Lipinski definition) is 0. The van der Waals surface area contributed by atoms with Gasteiger partial charge in [0.2, 0.25) is 0 Å². The van der Waals surface area contributed by atoms with Gasteiger partial charge in [-0.2, -0.15) is 0 Å². The highest BCUT2D eigenvalue weighted by molar-refractivity contribution is 6.30. The van der Waals surface area contributed by atoms with Crippen LogP contribution in [0, 0.1) is 6.92 Å². The van der Waals surface area contributed by atoms with Crippen LogP contribution in [0.2, 0.25) is 10.0 Å². The quantitative estimate of drug-likeness (QED) is 0.712. The van der Waals surface area contributed by atoms with E-state index in [0.29, 0.717) is 0 Å². The highest BCUT2D eigenvalue weighted by Gasteiger charge is 1.99. The Morgan fingerprint density at radius 3 is 2.12 bits per heavy atom. The molecule has 16 heavy (non-hydrogen) atoms. The Morgan fingerprint density at radius 2 is 1.50 bits per heavy atom. The van der Waals surface area contributed by atoms with Crippen LogP contribution in [-0.2, 0) is 6.42 Å². The van der Waals surface area contributed by atoms with Gasteiger partial charge in [-0.1, -0.05) is 41.4 Å². The summed E-state index contributed by atoms with van der Waals surface area (Å²) in [5, 5.41) is 1.56. The van der Waals surface area contributed by atoms with Gasteiger partial charge in [0.1, 0.15) is 0 Å². The lowest BCUT2D eigenvalue weighted by Gasteiger charge is -2.04. The summed E-state index contributed by atoms with van der Waals surface area (Å²) in [5.74, 6) is 0. The van der Waals surface area contributed by atoms with Crippen LogP contribution in [-0.4, -0.2) is 0 Å². The maximum absolute atomic E-state index is 6.02. The minimum absolute atomic E-state index is 0.769. The average molecular weight is 251 g/mol. The summed E-state index contributed by atoms with van der Waals surface area (Å²) in [6, 6.07) is 14.0. The third-order valence-electron chi connectivity index (χ3n) is 2.42. The number of halogens is 2. The fourth-order valence-corrected chi connectivity index (χ4v) is 2.19. The lowest BCUT2D eigenvalue weighted by atomic mass is 10.0. The molecule has 2 aromatic carbocycles. The first kappa shape index (κ1) is 11.5. The van der Waals surface area contributed by atoms with Crippen molar-refractivity contribution in [3.63, 3.8) is 0 Å². The summed E-state index contributed by atoms with van der Waals surface area (Å²) in [6.45, 7) is 2.05. The molecular weight excluding hydrogens is 239 g/mol. The number of aryl methyl sites for hydroxylation is 1. The van der Waals surface area contributed by atoms with Crippen LogP contribution in [0.15, 0.2) is 42.5 Å². The number of hydrogen-bond acceptors (Lipinski definition) is 0. The third-order valence-corrected chi connectivity index (χ3v) is 2.89. The molecule has 2 rings (SSSR count). The maximum atomic E-state index is 6.02. The summed E-state index contributed by atoms with van der Waals surface area (Å²) in [5.41, 5.74) is 3.66. The van der Waals surface area contributed by atoms with E-state index in [1.54, 1.807) is 0 Å². The van der Waals surface area contributed by atoms with Gasteiger partial charge in [-0.15, -0.1) is 0 Å². The van der Waals surface area contributed by atoms with Crippen LogP contribution in [0.4, 0.5) is 0 Å². The first-order valence-electron chi connectivity index (χ1n) is 5.14. The van der Waals surface area contributed by atoms with Crippen molar-refractivity contribution in [2.24, 2.45) is 0 Å². The highest BCUT2D eigenvalue weighted by Crippen LogP contribution is 2.18.